The number of halogens is 2. The number of ether oxygens (including phenoxy) is 2. The number of rotatable bonds is 13. The van der Waals surface area contributed by atoms with E-state index in [1.165, 1.54) is 11.0 Å². The molecule has 10 heteroatoms. The zero-order chi connectivity index (χ0) is 31.7. The average molecular weight is 603 g/mol. The van der Waals surface area contributed by atoms with Crippen molar-refractivity contribution in [2.75, 3.05) is 39.9 Å². The zero-order valence-corrected chi connectivity index (χ0v) is 25.7. The minimum Gasteiger partial charge on any atom is -0.466 e. The van der Waals surface area contributed by atoms with Crippen LogP contribution < -0.4 is 0 Å². The molecule has 0 saturated carbocycles. The maximum absolute atomic E-state index is 14.6. The number of hydrogen-bond donors (Lipinski definition) is 1. The van der Waals surface area contributed by atoms with Gasteiger partial charge in [-0.15, -0.1) is 0 Å². The fourth-order valence-electron chi connectivity index (χ4n) is 5.91. The van der Waals surface area contributed by atoms with E-state index < -0.39 is 52.9 Å². The van der Waals surface area contributed by atoms with Crippen LogP contribution in [-0.2, 0) is 23.9 Å². The number of amides is 1. The summed E-state index contributed by atoms with van der Waals surface area (Å²) in [6.45, 7) is 8.55. The second kappa shape index (κ2) is 15.4. The summed E-state index contributed by atoms with van der Waals surface area (Å²) in [7, 11) is 1.55. The highest BCUT2D eigenvalue weighted by molar-refractivity contribution is 5.85. The Balaban J connectivity index is 2.01. The average Bonchev–Trinajstić information content (AvgIpc) is 2.98. The molecule has 1 fully saturated rings. The molecular formula is C33H44F2N2O6. The van der Waals surface area contributed by atoms with E-state index in [1.807, 2.05) is 17.9 Å². The zero-order valence-electron chi connectivity index (χ0n) is 25.7. The van der Waals surface area contributed by atoms with Crippen LogP contribution in [0, 0.1) is 23.0 Å². The molecule has 0 bridgehead atoms. The van der Waals surface area contributed by atoms with Crippen LogP contribution in [0.15, 0.2) is 48.5 Å². The smallest absolute Gasteiger partial charge is 0.313 e. The fourth-order valence-corrected chi connectivity index (χ4v) is 5.91. The summed E-state index contributed by atoms with van der Waals surface area (Å²) in [5.74, 6) is -5.27. The van der Waals surface area contributed by atoms with Crippen LogP contribution in [0.1, 0.15) is 70.1 Å². The highest BCUT2D eigenvalue weighted by atomic mass is 19.2. The molecule has 0 radical (unpaired) electrons. The van der Waals surface area contributed by atoms with Gasteiger partial charge in [0.2, 0.25) is 5.91 Å². The number of nitrogens with zero attached hydrogens (tertiary/aromatic N) is 2. The molecule has 0 aromatic heterocycles. The molecule has 1 aliphatic heterocycles. The molecule has 1 heterocycles. The number of piperidine rings is 1. The summed E-state index contributed by atoms with van der Waals surface area (Å²) >= 11 is 0. The normalized spacial score (nSPS) is 20.0. The monoisotopic (exact) mass is 602 g/mol. The van der Waals surface area contributed by atoms with Gasteiger partial charge in [0, 0.05) is 20.1 Å². The molecule has 0 aliphatic carbocycles. The van der Waals surface area contributed by atoms with E-state index in [4.69, 9.17) is 9.47 Å². The first-order valence-electron chi connectivity index (χ1n) is 14.9. The number of carbonyl (C=O) groups excluding carboxylic acids is 3. The molecule has 8 nitrogen and oxygen atoms in total. The van der Waals surface area contributed by atoms with E-state index in [9.17, 15) is 28.3 Å². The molecule has 236 valence electrons. The lowest BCUT2D eigenvalue weighted by molar-refractivity contribution is -0.158. The Bertz CT molecular complexity index is 1250. The maximum Gasteiger partial charge on any atom is 0.313 e. The van der Waals surface area contributed by atoms with Crippen molar-refractivity contribution < 1.29 is 37.7 Å². The van der Waals surface area contributed by atoms with Gasteiger partial charge in [-0.3, -0.25) is 14.4 Å². The van der Waals surface area contributed by atoms with Crippen molar-refractivity contribution in [1.82, 2.24) is 9.80 Å². The van der Waals surface area contributed by atoms with Gasteiger partial charge in [-0.2, -0.15) is 0 Å². The molecule has 1 amide bonds. The van der Waals surface area contributed by atoms with Crippen molar-refractivity contribution in [2.45, 2.75) is 65.0 Å². The fraction of sp³-hybridized carbons (Fsp3) is 0.545. The number of aliphatic hydroxyl groups excluding tert-OH is 1. The van der Waals surface area contributed by atoms with E-state index >= 15 is 0 Å². The molecule has 5 atom stereocenters. The standard InChI is InChI=1S/C33H44F2N2O6/c1-6-42-28(38)19-25(20-37-17-11-16-33(4,21-37)32(41)43-7-2)29(24-14-15-26(34)27(35)18-24)31(40)36(5)22(3)30(39)23-12-9-8-10-13-23/h8-10,12-15,18,22,25,29-30,39H,6-7,11,16-17,19-21H2,1-5H3/t22-,25+,29-,30+,33-/m1/s1. The Morgan fingerprint density at radius 2 is 1.70 bits per heavy atom. The van der Waals surface area contributed by atoms with E-state index in [2.05, 4.69) is 0 Å². The number of benzene rings is 2. The molecule has 2 aromatic carbocycles. The molecule has 1 N–H and O–H groups in total. The Labute approximate surface area is 253 Å². The van der Waals surface area contributed by atoms with E-state index in [0.717, 1.165) is 12.1 Å². The van der Waals surface area contributed by atoms with Gasteiger partial charge in [-0.1, -0.05) is 36.4 Å². The predicted octanol–water partition coefficient (Wildman–Crippen LogP) is 4.86. The number of likely N-dealkylation sites (tertiary alicyclic amines) is 1. The van der Waals surface area contributed by atoms with Crippen LogP contribution in [0.4, 0.5) is 8.78 Å². The highest BCUT2D eigenvalue weighted by Gasteiger charge is 2.42. The summed E-state index contributed by atoms with van der Waals surface area (Å²) in [5, 5.41) is 11.1. The van der Waals surface area contributed by atoms with Gasteiger partial charge in [-0.05, 0) is 76.3 Å². The van der Waals surface area contributed by atoms with Crippen molar-refractivity contribution in [3.63, 3.8) is 0 Å². The number of esters is 2. The lowest BCUT2D eigenvalue weighted by Crippen LogP contribution is -2.50. The Morgan fingerprint density at radius 3 is 2.33 bits per heavy atom. The molecule has 0 unspecified atom stereocenters. The van der Waals surface area contributed by atoms with E-state index in [1.54, 1.807) is 52.1 Å². The third-order valence-corrected chi connectivity index (χ3v) is 8.37. The first-order valence-corrected chi connectivity index (χ1v) is 14.9. The second-order valence-electron chi connectivity index (χ2n) is 11.6. The quantitative estimate of drug-likeness (QED) is 0.327. The highest BCUT2D eigenvalue weighted by Crippen LogP contribution is 2.36. The first-order chi connectivity index (χ1) is 20.4. The largest absolute Gasteiger partial charge is 0.466 e. The summed E-state index contributed by atoms with van der Waals surface area (Å²) in [6, 6.07) is 11.5. The number of hydrogen-bond acceptors (Lipinski definition) is 7. The van der Waals surface area contributed by atoms with Gasteiger partial charge in [0.1, 0.15) is 0 Å². The molecular weight excluding hydrogens is 558 g/mol. The van der Waals surface area contributed by atoms with Crippen molar-refractivity contribution in [3.05, 3.63) is 71.3 Å². The van der Waals surface area contributed by atoms with Crippen LogP contribution >= 0.6 is 0 Å². The van der Waals surface area contributed by atoms with Crippen LogP contribution in [-0.4, -0.2) is 78.7 Å². The third kappa shape index (κ3) is 8.60. The minimum absolute atomic E-state index is 0.139. The number of carbonyl (C=O) groups is 3. The summed E-state index contributed by atoms with van der Waals surface area (Å²) in [6.07, 6.45) is 0.148. The van der Waals surface area contributed by atoms with Gasteiger partial charge in [0.25, 0.3) is 0 Å². The van der Waals surface area contributed by atoms with Crippen LogP contribution in [0.3, 0.4) is 0 Å². The summed E-state index contributed by atoms with van der Waals surface area (Å²) < 4.78 is 39.2. The number of aliphatic hydroxyl groups is 1. The maximum atomic E-state index is 14.6. The summed E-state index contributed by atoms with van der Waals surface area (Å²) in [4.78, 5) is 43.4. The second-order valence-corrected chi connectivity index (χ2v) is 11.6. The van der Waals surface area contributed by atoms with Gasteiger partial charge in [0.15, 0.2) is 11.6 Å². The van der Waals surface area contributed by atoms with Gasteiger partial charge in [-0.25, -0.2) is 8.78 Å². The first kappa shape index (κ1) is 34.1. The topological polar surface area (TPSA) is 96.4 Å². The van der Waals surface area contributed by atoms with Crippen molar-refractivity contribution in [3.8, 4) is 0 Å². The molecule has 1 aliphatic rings. The van der Waals surface area contributed by atoms with Crippen molar-refractivity contribution >= 4 is 17.8 Å². The van der Waals surface area contributed by atoms with Crippen LogP contribution in [0.5, 0.6) is 0 Å². The molecule has 1 saturated heterocycles. The molecule has 0 spiro atoms. The molecule has 3 rings (SSSR count). The third-order valence-electron chi connectivity index (χ3n) is 8.37. The van der Waals surface area contributed by atoms with Crippen molar-refractivity contribution in [2.24, 2.45) is 11.3 Å². The Kier molecular flexibility index (Phi) is 12.2. The van der Waals surface area contributed by atoms with Gasteiger partial charge in [0.05, 0.1) is 43.1 Å². The van der Waals surface area contributed by atoms with E-state index in [0.29, 0.717) is 31.5 Å². The van der Waals surface area contributed by atoms with Crippen LogP contribution in [0.2, 0.25) is 0 Å². The van der Waals surface area contributed by atoms with Gasteiger partial charge >= 0.3 is 11.9 Å². The van der Waals surface area contributed by atoms with Crippen LogP contribution in [0.25, 0.3) is 0 Å². The molecule has 43 heavy (non-hydrogen) atoms. The lowest BCUT2D eigenvalue weighted by Gasteiger charge is -2.41. The van der Waals surface area contributed by atoms with Crippen molar-refractivity contribution in [1.29, 1.82) is 0 Å². The molecule has 2 aromatic rings. The summed E-state index contributed by atoms with van der Waals surface area (Å²) in [5.41, 5.74) is 0.0558. The lowest BCUT2D eigenvalue weighted by atomic mass is 9.79. The minimum atomic E-state index is -1.11. The van der Waals surface area contributed by atoms with E-state index in [-0.39, 0.29) is 37.7 Å². The van der Waals surface area contributed by atoms with Gasteiger partial charge < -0.3 is 24.4 Å². The Morgan fingerprint density at radius 1 is 1.02 bits per heavy atom. The number of likely N-dealkylation sites (N-methyl/N-ethyl adjacent to an activating group) is 1. The Hall–Kier alpha value is -3.37. The SMILES string of the molecule is CCOC(=O)C[C@@H](CN1CCC[C@@](C)(C(=O)OCC)C1)[C@H](C(=O)N(C)[C@H](C)[C@H](O)c1ccccc1)c1ccc(F)c(F)c1. The predicted molar refractivity (Wildman–Crippen MR) is 158 cm³/mol.